The third kappa shape index (κ3) is 3.28. The molecule has 0 saturated carbocycles. The van der Waals surface area contributed by atoms with Gasteiger partial charge in [0.1, 0.15) is 0 Å². The maximum atomic E-state index is 10.1. The van der Waals surface area contributed by atoms with Gasteiger partial charge < -0.3 is 5.11 Å². The fourth-order valence-corrected chi connectivity index (χ4v) is 1.96. The summed E-state index contributed by atoms with van der Waals surface area (Å²) in [6, 6.07) is 0. The van der Waals surface area contributed by atoms with Crippen molar-refractivity contribution in [3.8, 4) is 0 Å². The summed E-state index contributed by atoms with van der Waals surface area (Å²) in [4.78, 5) is 0. The number of quaternary nitrogens is 1. The Balaban J connectivity index is 4.17. The van der Waals surface area contributed by atoms with E-state index in [1.54, 1.807) is 0 Å². The average molecular weight is 188 g/mol. The Hall–Kier alpha value is -0.0800. The molecule has 2 heteroatoms. The van der Waals surface area contributed by atoms with E-state index in [1.165, 1.54) is 6.42 Å². The van der Waals surface area contributed by atoms with Gasteiger partial charge in [-0.05, 0) is 27.2 Å². The minimum Gasteiger partial charge on any atom is -0.345 e. The standard InChI is InChI=1S/C11H26NO/c1-5-9-10-11(13)12(6-2,7-3)8-4/h11,13H,5-10H2,1-4H3/q+1. The summed E-state index contributed by atoms with van der Waals surface area (Å²) in [5.41, 5.74) is 0. The second kappa shape index (κ2) is 6.39. The first kappa shape index (κ1) is 12.9. The topological polar surface area (TPSA) is 20.2 Å². The molecule has 2 nitrogen and oxygen atoms in total. The Bertz CT molecular complexity index is 113. The first-order chi connectivity index (χ1) is 6.16. The molecule has 1 unspecified atom stereocenters. The molecule has 13 heavy (non-hydrogen) atoms. The fourth-order valence-electron chi connectivity index (χ4n) is 1.96. The van der Waals surface area contributed by atoms with E-state index >= 15 is 0 Å². The number of hydrogen-bond acceptors (Lipinski definition) is 1. The lowest BCUT2D eigenvalue weighted by Crippen LogP contribution is -2.55. The van der Waals surface area contributed by atoms with E-state index in [0.29, 0.717) is 0 Å². The third-order valence-electron chi connectivity index (χ3n) is 3.34. The molecule has 0 rings (SSSR count). The molecule has 0 aromatic carbocycles. The molecule has 0 saturated heterocycles. The summed E-state index contributed by atoms with van der Waals surface area (Å²) in [6.45, 7) is 11.8. The molecular weight excluding hydrogens is 162 g/mol. The Morgan fingerprint density at radius 3 is 1.77 bits per heavy atom. The SMILES string of the molecule is CCCCC(O)[N+](CC)(CC)CC. The van der Waals surface area contributed by atoms with Crippen molar-refractivity contribution < 1.29 is 9.59 Å². The van der Waals surface area contributed by atoms with Crippen molar-refractivity contribution in [3.05, 3.63) is 0 Å². The highest BCUT2D eigenvalue weighted by Gasteiger charge is 2.29. The zero-order valence-electron chi connectivity index (χ0n) is 9.71. The highest BCUT2D eigenvalue weighted by atomic mass is 16.3. The van der Waals surface area contributed by atoms with Crippen molar-refractivity contribution in [2.45, 2.75) is 53.2 Å². The second-order valence-corrected chi connectivity index (χ2v) is 3.79. The van der Waals surface area contributed by atoms with Gasteiger partial charge in [0, 0.05) is 6.42 Å². The van der Waals surface area contributed by atoms with E-state index in [-0.39, 0.29) is 6.23 Å². The monoisotopic (exact) mass is 188 g/mol. The molecule has 0 aliphatic carbocycles. The van der Waals surface area contributed by atoms with Gasteiger partial charge in [-0.15, -0.1) is 0 Å². The third-order valence-corrected chi connectivity index (χ3v) is 3.34. The van der Waals surface area contributed by atoms with Crippen LogP contribution in [0.25, 0.3) is 0 Å². The molecule has 0 aliphatic heterocycles. The van der Waals surface area contributed by atoms with Crippen LogP contribution in [0, 0.1) is 0 Å². The van der Waals surface area contributed by atoms with E-state index in [0.717, 1.165) is 37.0 Å². The van der Waals surface area contributed by atoms with Gasteiger partial charge in [-0.3, -0.25) is 4.48 Å². The van der Waals surface area contributed by atoms with Gasteiger partial charge in [0.2, 0.25) is 0 Å². The summed E-state index contributed by atoms with van der Waals surface area (Å²) >= 11 is 0. The van der Waals surface area contributed by atoms with Gasteiger partial charge in [-0.1, -0.05) is 13.3 Å². The summed E-state index contributed by atoms with van der Waals surface area (Å²) in [5, 5.41) is 10.1. The molecule has 0 bridgehead atoms. The predicted octanol–water partition coefficient (Wildman–Crippen LogP) is 2.37. The summed E-state index contributed by atoms with van der Waals surface area (Å²) in [7, 11) is 0. The van der Waals surface area contributed by atoms with Crippen LogP contribution in [-0.4, -0.2) is 35.5 Å². The first-order valence-corrected chi connectivity index (χ1v) is 5.70. The van der Waals surface area contributed by atoms with Crippen molar-refractivity contribution in [2.24, 2.45) is 0 Å². The van der Waals surface area contributed by atoms with Gasteiger partial charge in [-0.25, -0.2) is 0 Å². The molecule has 1 atom stereocenters. The molecule has 0 heterocycles. The fraction of sp³-hybridized carbons (Fsp3) is 1.00. The van der Waals surface area contributed by atoms with Crippen LogP contribution in [0.2, 0.25) is 0 Å². The largest absolute Gasteiger partial charge is 0.345 e. The van der Waals surface area contributed by atoms with Gasteiger partial charge in [0.15, 0.2) is 6.23 Å². The maximum absolute atomic E-state index is 10.1. The Kier molecular flexibility index (Phi) is 6.35. The van der Waals surface area contributed by atoms with E-state index in [4.69, 9.17) is 0 Å². The number of aliphatic hydroxyl groups excluding tert-OH is 1. The minimum absolute atomic E-state index is 0.153. The molecule has 0 amide bonds. The van der Waals surface area contributed by atoms with Crippen LogP contribution in [0.15, 0.2) is 0 Å². The molecule has 1 N–H and O–H groups in total. The zero-order chi connectivity index (χ0) is 10.3. The predicted molar refractivity (Wildman–Crippen MR) is 57.4 cm³/mol. The van der Waals surface area contributed by atoms with Crippen molar-refractivity contribution in [3.63, 3.8) is 0 Å². The van der Waals surface area contributed by atoms with Crippen LogP contribution in [-0.2, 0) is 0 Å². The lowest BCUT2D eigenvalue weighted by atomic mass is 10.2. The van der Waals surface area contributed by atoms with Crippen LogP contribution in [0.4, 0.5) is 0 Å². The smallest absolute Gasteiger partial charge is 0.190 e. The molecule has 0 radical (unpaired) electrons. The van der Waals surface area contributed by atoms with Crippen molar-refractivity contribution in [2.75, 3.05) is 19.6 Å². The van der Waals surface area contributed by atoms with E-state index in [2.05, 4.69) is 27.7 Å². The molecule has 0 aliphatic rings. The molecular formula is C11H26NO+. The van der Waals surface area contributed by atoms with Gasteiger partial charge >= 0.3 is 0 Å². The van der Waals surface area contributed by atoms with Gasteiger partial charge in [0.25, 0.3) is 0 Å². The van der Waals surface area contributed by atoms with Crippen molar-refractivity contribution in [1.82, 2.24) is 0 Å². The number of hydrogen-bond donors (Lipinski definition) is 1. The van der Waals surface area contributed by atoms with E-state index in [1.807, 2.05) is 0 Å². The molecule has 80 valence electrons. The summed E-state index contributed by atoms with van der Waals surface area (Å²) < 4.78 is 0.861. The van der Waals surface area contributed by atoms with Crippen LogP contribution in [0.3, 0.4) is 0 Å². The lowest BCUT2D eigenvalue weighted by molar-refractivity contribution is -0.967. The second-order valence-electron chi connectivity index (χ2n) is 3.79. The normalized spacial score (nSPS) is 14.5. The zero-order valence-corrected chi connectivity index (χ0v) is 9.71. The van der Waals surface area contributed by atoms with Crippen LogP contribution in [0.5, 0.6) is 0 Å². The summed E-state index contributed by atoms with van der Waals surface area (Å²) in [5.74, 6) is 0. The molecule has 0 aromatic rings. The Morgan fingerprint density at radius 2 is 1.46 bits per heavy atom. The van der Waals surface area contributed by atoms with Gasteiger partial charge in [0.05, 0.1) is 19.6 Å². The maximum Gasteiger partial charge on any atom is 0.190 e. The molecule has 0 aromatic heterocycles. The minimum atomic E-state index is -0.153. The Labute approximate surface area is 83.2 Å². The summed E-state index contributed by atoms with van der Waals surface area (Å²) in [6.07, 6.45) is 3.11. The average Bonchev–Trinajstić information content (AvgIpc) is 2.18. The molecule has 0 fully saturated rings. The quantitative estimate of drug-likeness (QED) is 0.480. The van der Waals surface area contributed by atoms with Gasteiger partial charge in [-0.2, -0.15) is 0 Å². The molecule has 0 spiro atoms. The highest BCUT2D eigenvalue weighted by Crippen LogP contribution is 2.16. The van der Waals surface area contributed by atoms with E-state index in [9.17, 15) is 5.11 Å². The van der Waals surface area contributed by atoms with Crippen LogP contribution >= 0.6 is 0 Å². The lowest BCUT2D eigenvalue weighted by Gasteiger charge is -2.40. The van der Waals surface area contributed by atoms with Crippen molar-refractivity contribution >= 4 is 0 Å². The first-order valence-electron chi connectivity index (χ1n) is 5.70. The number of rotatable bonds is 7. The van der Waals surface area contributed by atoms with Crippen LogP contribution in [0.1, 0.15) is 47.0 Å². The highest BCUT2D eigenvalue weighted by molar-refractivity contribution is 4.47. The Morgan fingerprint density at radius 1 is 1.00 bits per heavy atom. The van der Waals surface area contributed by atoms with E-state index < -0.39 is 0 Å². The van der Waals surface area contributed by atoms with Crippen molar-refractivity contribution in [1.29, 1.82) is 0 Å². The number of nitrogens with zero attached hydrogens (tertiary/aromatic N) is 1. The number of unbranched alkanes of at least 4 members (excludes halogenated alkanes) is 1. The number of aliphatic hydroxyl groups is 1. The van der Waals surface area contributed by atoms with Crippen LogP contribution < -0.4 is 0 Å².